The number of carbonyl (C=O) groups excluding carboxylic acids is 1. The van der Waals surface area contributed by atoms with E-state index in [-0.39, 0.29) is 12.1 Å². The summed E-state index contributed by atoms with van der Waals surface area (Å²) < 4.78 is 5.41. The number of nitrogens with one attached hydrogen (secondary N) is 1. The lowest BCUT2D eigenvalue weighted by Gasteiger charge is -2.22. The van der Waals surface area contributed by atoms with Crippen LogP contribution in [0.4, 0.5) is 4.79 Å². The Hall–Kier alpha value is -1.71. The van der Waals surface area contributed by atoms with Gasteiger partial charge >= 0.3 is 6.09 Å². The molecule has 3 rings (SSSR count). The van der Waals surface area contributed by atoms with Gasteiger partial charge in [0.05, 0.1) is 16.1 Å². The van der Waals surface area contributed by atoms with Gasteiger partial charge in [-0.2, -0.15) is 0 Å². The summed E-state index contributed by atoms with van der Waals surface area (Å²) in [6.07, 6.45) is 1.30. The third kappa shape index (κ3) is 4.52. The fraction of sp³-hybridized carbons (Fsp3) is 0.381. The molecule has 3 nitrogen and oxygen atoms in total. The van der Waals surface area contributed by atoms with E-state index in [9.17, 15) is 4.79 Å². The van der Waals surface area contributed by atoms with Crippen LogP contribution in [0.3, 0.4) is 0 Å². The quantitative estimate of drug-likeness (QED) is 0.667. The highest BCUT2D eigenvalue weighted by Gasteiger charge is 2.32. The van der Waals surface area contributed by atoms with E-state index in [0.717, 1.165) is 24.0 Å². The van der Waals surface area contributed by atoms with Crippen molar-refractivity contribution in [1.29, 1.82) is 0 Å². The fourth-order valence-corrected chi connectivity index (χ4v) is 3.79. The van der Waals surface area contributed by atoms with Gasteiger partial charge in [-0.3, -0.25) is 0 Å². The highest BCUT2D eigenvalue weighted by molar-refractivity contribution is 6.42. The number of alkyl carbamates (subject to hydrolysis) is 1. The predicted octanol–water partition coefficient (Wildman–Crippen LogP) is 6.29. The zero-order valence-electron chi connectivity index (χ0n) is 15.2. The maximum absolute atomic E-state index is 12.2. The van der Waals surface area contributed by atoms with E-state index in [1.165, 1.54) is 5.56 Å². The molecule has 0 heterocycles. The van der Waals surface area contributed by atoms with Gasteiger partial charge in [0, 0.05) is 0 Å². The van der Waals surface area contributed by atoms with Crippen LogP contribution >= 0.6 is 23.2 Å². The van der Waals surface area contributed by atoms with Crippen LogP contribution in [0.25, 0.3) is 0 Å². The van der Waals surface area contributed by atoms with E-state index < -0.39 is 5.60 Å². The van der Waals surface area contributed by atoms with E-state index in [4.69, 9.17) is 27.9 Å². The summed E-state index contributed by atoms with van der Waals surface area (Å²) in [5.41, 5.74) is 3.04. The summed E-state index contributed by atoms with van der Waals surface area (Å²) in [5.74, 6) is 0.309. The minimum Gasteiger partial charge on any atom is -0.444 e. The Morgan fingerprint density at radius 1 is 1.12 bits per heavy atom. The fourth-order valence-electron chi connectivity index (χ4n) is 3.47. The first-order valence-electron chi connectivity index (χ1n) is 8.75. The van der Waals surface area contributed by atoms with Crippen molar-refractivity contribution in [1.82, 2.24) is 5.32 Å². The maximum Gasteiger partial charge on any atom is 0.408 e. The average molecular weight is 392 g/mol. The molecule has 0 aromatic heterocycles. The van der Waals surface area contributed by atoms with Crippen LogP contribution in [0.5, 0.6) is 0 Å². The van der Waals surface area contributed by atoms with E-state index in [1.54, 1.807) is 0 Å². The van der Waals surface area contributed by atoms with Gasteiger partial charge in [0.25, 0.3) is 0 Å². The molecule has 0 bridgehead atoms. The SMILES string of the molecule is CC(C)(C)OC(=O)NC1CC(Cc2ccc(Cl)c(Cl)c2)c2ccccc21. The second kappa shape index (κ2) is 7.50. The molecule has 0 spiro atoms. The zero-order chi connectivity index (χ0) is 18.9. The summed E-state index contributed by atoms with van der Waals surface area (Å²) in [5, 5.41) is 4.15. The molecule has 0 aliphatic heterocycles. The molecule has 2 unspecified atom stereocenters. The number of ether oxygens (including phenoxy) is 1. The van der Waals surface area contributed by atoms with Crippen LogP contribution in [0.15, 0.2) is 42.5 Å². The smallest absolute Gasteiger partial charge is 0.408 e. The largest absolute Gasteiger partial charge is 0.444 e. The van der Waals surface area contributed by atoms with Crippen LogP contribution in [-0.4, -0.2) is 11.7 Å². The third-order valence-corrected chi connectivity index (χ3v) is 5.23. The van der Waals surface area contributed by atoms with Gasteiger partial charge in [-0.15, -0.1) is 0 Å². The molecule has 0 radical (unpaired) electrons. The van der Waals surface area contributed by atoms with Crippen molar-refractivity contribution >= 4 is 29.3 Å². The van der Waals surface area contributed by atoms with Gasteiger partial charge in [0.15, 0.2) is 0 Å². The Morgan fingerprint density at radius 2 is 1.81 bits per heavy atom. The lowest BCUT2D eigenvalue weighted by atomic mass is 9.93. The molecule has 1 N–H and O–H groups in total. The molecule has 0 saturated heterocycles. The number of hydrogen-bond donors (Lipinski definition) is 1. The van der Waals surface area contributed by atoms with E-state index in [1.807, 2.05) is 51.1 Å². The summed E-state index contributed by atoms with van der Waals surface area (Å²) >= 11 is 12.2. The number of fused-ring (bicyclic) bond motifs is 1. The van der Waals surface area contributed by atoms with Crippen molar-refractivity contribution in [2.75, 3.05) is 0 Å². The van der Waals surface area contributed by atoms with Crippen LogP contribution in [-0.2, 0) is 11.2 Å². The van der Waals surface area contributed by atoms with Crippen LogP contribution in [0.2, 0.25) is 10.0 Å². The summed E-state index contributed by atoms with van der Waals surface area (Å²) in [7, 11) is 0. The molecule has 0 saturated carbocycles. The van der Waals surface area contributed by atoms with Gasteiger partial charge in [0.2, 0.25) is 0 Å². The van der Waals surface area contributed by atoms with Crippen molar-refractivity contribution in [2.45, 2.75) is 51.2 Å². The van der Waals surface area contributed by atoms with Gasteiger partial charge in [0.1, 0.15) is 5.60 Å². The van der Waals surface area contributed by atoms with Gasteiger partial charge in [-0.1, -0.05) is 53.5 Å². The number of amides is 1. The predicted molar refractivity (Wildman–Crippen MR) is 106 cm³/mol. The first kappa shape index (κ1) is 19.1. The first-order chi connectivity index (χ1) is 12.2. The average Bonchev–Trinajstić information content (AvgIpc) is 2.87. The molecule has 26 heavy (non-hydrogen) atoms. The van der Waals surface area contributed by atoms with Crippen LogP contribution in [0, 0.1) is 0 Å². The van der Waals surface area contributed by atoms with E-state index in [2.05, 4.69) is 17.4 Å². The first-order valence-corrected chi connectivity index (χ1v) is 9.51. The second-order valence-electron chi connectivity index (χ2n) is 7.71. The number of halogens is 2. The molecule has 1 aliphatic rings. The standard InChI is InChI=1S/C21H23Cl2NO2/c1-21(2,3)26-20(25)24-19-12-14(15-6-4-5-7-16(15)19)10-13-8-9-17(22)18(23)11-13/h4-9,11,14,19H,10,12H2,1-3H3,(H,24,25). The van der Waals surface area contributed by atoms with Crippen LogP contribution < -0.4 is 5.32 Å². The number of rotatable bonds is 3. The molecule has 1 amide bonds. The number of carbonyl (C=O) groups is 1. The maximum atomic E-state index is 12.2. The molecule has 2 aromatic carbocycles. The Morgan fingerprint density at radius 3 is 2.46 bits per heavy atom. The molecule has 2 aromatic rings. The van der Waals surface area contributed by atoms with Crippen molar-refractivity contribution in [3.05, 3.63) is 69.2 Å². The van der Waals surface area contributed by atoms with Crippen molar-refractivity contribution in [3.63, 3.8) is 0 Å². The lowest BCUT2D eigenvalue weighted by Crippen LogP contribution is -2.34. The summed E-state index contributed by atoms with van der Waals surface area (Å²) in [6.45, 7) is 5.59. The molecule has 0 fully saturated rings. The Bertz CT molecular complexity index is 814. The topological polar surface area (TPSA) is 38.3 Å². The highest BCUT2D eigenvalue weighted by atomic mass is 35.5. The minimum absolute atomic E-state index is 0.0474. The zero-order valence-corrected chi connectivity index (χ0v) is 16.7. The van der Waals surface area contributed by atoms with Crippen molar-refractivity contribution in [3.8, 4) is 0 Å². The Kier molecular flexibility index (Phi) is 5.50. The molecule has 5 heteroatoms. The van der Waals surface area contributed by atoms with Crippen LogP contribution in [0.1, 0.15) is 55.8 Å². The normalized spacial score (nSPS) is 19.1. The molecule has 1 aliphatic carbocycles. The minimum atomic E-state index is -0.512. The summed E-state index contributed by atoms with van der Waals surface area (Å²) in [6, 6.07) is 14.0. The lowest BCUT2D eigenvalue weighted by molar-refractivity contribution is 0.0502. The van der Waals surface area contributed by atoms with Crippen molar-refractivity contribution in [2.24, 2.45) is 0 Å². The van der Waals surface area contributed by atoms with Gasteiger partial charge in [-0.05, 0) is 68.4 Å². The molecular formula is C21H23Cl2NO2. The number of hydrogen-bond acceptors (Lipinski definition) is 2. The van der Waals surface area contributed by atoms with Gasteiger partial charge < -0.3 is 10.1 Å². The molecule has 138 valence electrons. The monoisotopic (exact) mass is 391 g/mol. The highest BCUT2D eigenvalue weighted by Crippen LogP contribution is 2.42. The second-order valence-corrected chi connectivity index (χ2v) is 8.53. The van der Waals surface area contributed by atoms with Crippen molar-refractivity contribution < 1.29 is 9.53 Å². The Labute approximate surface area is 164 Å². The number of benzene rings is 2. The molecular weight excluding hydrogens is 369 g/mol. The summed E-state index contributed by atoms with van der Waals surface area (Å²) in [4.78, 5) is 12.2. The molecule has 2 atom stereocenters. The third-order valence-electron chi connectivity index (χ3n) is 4.49. The van der Waals surface area contributed by atoms with Gasteiger partial charge in [-0.25, -0.2) is 4.79 Å². The Balaban J connectivity index is 1.77. The van der Waals surface area contributed by atoms with E-state index in [0.29, 0.717) is 16.0 Å². The van der Waals surface area contributed by atoms with E-state index >= 15 is 0 Å².